The zero-order valence-corrected chi connectivity index (χ0v) is 13.6. The summed E-state index contributed by atoms with van der Waals surface area (Å²) in [7, 11) is 0. The van der Waals surface area contributed by atoms with Crippen LogP contribution in [0.25, 0.3) is 16.8 Å². The predicted molar refractivity (Wildman–Crippen MR) is 92.0 cm³/mol. The molecule has 0 saturated carbocycles. The molecule has 0 aliphatic rings. The zero-order valence-electron chi connectivity index (χ0n) is 13.6. The number of rotatable bonds is 5. The quantitative estimate of drug-likeness (QED) is 0.677. The number of nitrogens with one attached hydrogen (secondary N) is 1. The number of nitriles is 1. The Balaban J connectivity index is 2.59. The lowest BCUT2D eigenvalue weighted by atomic mass is 10.0. The van der Waals surface area contributed by atoms with E-state index in [2.05, 4.69) is 5.32 Å². The van der Waals surface area contributed by atoms with Crippen LogP contribution in [0.2, 0.25) is 0 Å². The van der Waals surface area contributed by atoms with Crippen LogP contribution in [0.1, 0.15) is 26.3 Å². The molecule has 0 radical (unpaired) electrons. The first-order valence-corrected chi connectivity index (χ1v) is 7.64. The summed E-state index contributed by atoms with van der Waals surface area (Å²) in [5.74, 6) is 0.286. The molecule has 0 aliphatic heterocycles. The molecule has 0 unspecified atom stereocenters. The highest BCUT2D eigenvalue weighted by atomic mass is 16.5. The molecule has 2 aromatic carbocycles. The molecule has 0 bridgehead atoms. The minimum absolute atomic E-state index is 0.0295. The van der Waals surface area contributed by atoms with Crippen LogP contribution in [0.15, 0.2) is 42.0 Å². The predicted octanol–water partition coefficient (Wildman–Crippen LogP) is 3.67. The van der Waals surface area contributed by atoms with Crippen molar-refractivity contribution in [3.8, 4) is 11.8 Å². The fourth-order valence-electron chi connectivity index (χ4n) is 2.34. The average molecular weight is 308 g/mol. The van der Waals surface area contributed by atoms with E-state index in [1.165, 1.54) is 0 Å². The van der Waals surface area contributed by atoms with Crippen LogP contribution in [0.5, 0.6) is 5.75 Å². The monoisotopic (exact) mass is 308 g/mol. The fraction of sp³-hybridized carbons (Fsp3) is 0.263. The molecule has 0 heterocycles. The van der Waals surface area contributed by atoms with E-state index in [0.717, 1.165) is 16.3 Å². The zero-order chi connectivity index (χ0) is 16.8. The maximum absolute atomic E-state index is 12.2. The number of amides is 1. The van der Waals surface area contributed by atoms with Gasteiger partial charge in [-0.15, -0.1) is 0 Å². The third kappa shape index (κ3) is 3.89. The standard InChI is InChI=1S/C19H20N2O2/c1-4-23-18-10-9-14-7-5-6-8-16(14)17(18)11-15(12-20)19(22)21-13(2)3/h5-11,13H,4H2,1-3H3,(H,21,22)/b15-11-. The Hall–Kier alpha value is -2.80. The van der Waals surface area contributed by atoms with Crippen molar-refractivity contribution >= 4 is 22.8 Å². The van der Waals surface area contributed by atoms with E-state index in [0.29, 0.717) is 12.4 Å². The molecule has 0 saturated heterocycles. The van der Waals surface area contributed by atoms with Crippen molar-refractivity contribution in [1.82, 2.24) is 5.32 Å². The number of carbonyl (C=O) groups is 1. The molecule has 0 aromatic heterocycles. The first-order chi connectivity index (χ1) is 11.1. The Labute approximate surface area is 136 Å². The second kappa shape index (κ2) is 7.46. The molecule has 4 nitrogen and oxygen atoms in total. The summed E-state index contributed by atoms with van der Waals surface area (Å²) in [5, 5.41) is 14.1. The van der Waals surface area contributed by atoms with Gasteiger partial charge in [-0.25, -0.2) is 0 Å². The van der Waals surface area contributed by atoms with Gasteiger partial charge in [0, 0.05) is 11.6 Å². The number of fused-ring (bicyclic) bond motifs is 1. The number of ether oxygens (including phenoxy) is 1. The van der Waals surface area contributed by atoms with Crippen LogP contribution in [-0.4, -0.2) is 18.6 Å². The molecular weight excluding hydrogens is 288 g/mol. The van der Waals surface area contributed by atoms with Gasteiger partial charge in [-0.05, 0) is 43.7 Å². The summed E-state index contributed by atoms with van der Waals surface area (Å²) in [4.78, 5) is 12.2. The highest BCUT2D eigenvalue weighted by Gasteiger charge is 2.13. The van der Waals surface area contributed by atoms with E-state index in [1.54, 1.807) is 6.08 Å². The van der Waals surface area contributed by atoms with Gasteiger partial charge >= 0.3 is 0 Å². The topological polar surface area (TPSA) is 62.1 Å². The minimum Gasteiger partial charge on any atom is -0.493 e. The second-order valence-electron chi connectivity index (χ2n) is 5.43. The molecular formula is C19H20N2O2. The Morgan fingerprint density at radius 3 is 2.70 bits per heavy atom. The van der Waals surface area contributed by atoms with Crippen molar-refractivity contribution < 1.29 is 9.53 Å². The number of benzene rings is 2. The summed E-state index contributed by atoms with van der Waals surface area (Å²) < 4.78 is 5.67. The lowest BCUT2D eigenvalue weighted by molar-refractivity contribution is -0.117. The summed E-state index contributed by atoms with van der Waals surface area (Å²) in [6.07, 6.45) is 1.60. The van der Waals surface area contributed by atoms with Crippen LogP contribution >= 0.6 is 0 Å². The molecule has 0 fully saturated rings. The minimum atomic E-state index is -0.377. The van der Waals surface area contributed by atoms with E-state index >= 15 is 0 Å². The number of carbonyl (C=O) groups excluding carboxylic acids is 1. The van der Waals surface area contributed by atoms with Gasteiger partial charge in [0.05, 0.1) is 6.61 Å². The molecule has 1 N–H and O–H groups in total. The molecule has 0 aliphatic carbocycles. The molecule has 0 spiro atoms. The third-order valence-corrected chi connectivity index (χ3v) is 3.30. The molecule has 2 rings (SSSR count). The molecule has 2 aromatic rings. The van der Waals surface area contributed by atoms with Gasteiger partial charge in [0.1, 0.15) is 17.4 Å². The summed E-state index contributed by atoms with van der Waals surface area (Å²) in [6, 6.07) is 13.6. The smallest absolute Gasteiger partial charge is 0.262 e. The largest absolute Gasteiger partial charge is 0.493 e. The Morgan fingerprint density at radius 1 is 1.30 bits per heavy atom. The Morgan fingerprint density at radius 2 is 2.04 bits per heavy atom. The van der Waals surface area contributed by atoms with Crippen molar-refractivity contribution in [2.75, 3.05) is 6.61 Å². The van der Waals surface area contributed by atoms with Crippen LogP contribution in [-0.2, 0) is 4.79 Å². The fourth-order valence-corrected chi connectivity index (χ4v) is 2.34. The Kier molecular flexibility index (Phi) is 5.37. The van der Waals surface area contributed by atoms with Crippen molar-refractivity contribution in [3.05, 3.63) is 47.5 Å². The van der Waals surface area contributed by atoms with Gasteiger partial charge in [0.2, 0.25) is 0 Å². The second-order valence-corrected chi connectivity index (χ2v) is 5.43. The number of hydrogen-bond acceptors (Lipinski definition) is 3. The highest BCUT2D eigenvalue weighted by Crippen LogP contribution is 2.30. The lowest BCUT2D eigenvalue weighted by Gasteiger charge is -2.12. The molecule has 4 heteroatoms. The average Bonchev–Trinajstić information content (AvgIpc) is 2.53. The van der Waals surface area contributed by atoms with Gasteiger partial charge in [0.25, 0.3) is 5.91 Å². The van der Waals surface area contributed by atoms with E-state index in [4.69, 9.17) is 4.74 Å². The van der Waals surface area contributed by atoms with Crippen molar-refractivity contribution in [2.24, 2.45) is 0 Å². The summed E-state index contributed by atoms with van der Waals surface area (Å²) in [6.45, 7) is 6.13. The molecule has 1 amide bonds. The first-order valence-electron chi connectivity index (χ1n) is 7.64. The van der Waals surface area contributed by atoms with Crippen LogP contribution in [0.3, 0.4) is 0 Å². The lowest BCUT2D eigenvalue weighted by Crippen LogP contribution is -2.30. The van der Waals surface area contributed by atoms with E-state index in [9.17, 15) is 10.1 Å². The van der Waals surface area contributed by atoms with E-state index in [-0.39, 0.29) is 17.5 Å². The van der Waals surface area contributed by atoms with E-state index in [1.807, 2.05) is 63.2 Å². The third-order valence-electron chi connectivity index (χ3n) is 3.30. The summed E-state index contributed by atoms with van der Waals surface area (Å²) >= 11 is 0. The Bertz CT molecular complexity index is 786. The number of nitrogens with zero attached hydrogens (tertiary/aromatic N) is 1. The number of hydrogen-bond donors (Lipinski definition) is 1. The maximum Gasteiger partial charge on any atom is 0.262 e. The van der Waals surface area contributed by atoms with Crippen molar-refractivity contribution in [2.45, 2.75) is 26.8 Å². The van der Waals surface area contributed by atoms with Gasteiger partial charge in [0.15, 0.2) is 0 Å². The highest BCUT2D eigenvalue weighted by molar-refractivity contribution is 6.05. The first kappa shape index (κ1) is 16.6. The SMILES string of the molecule is CCOc1ccc2ccccc2c1/C=C(/C#N)C(=O)NC(C)C. The maximum atomic E-state index is 12.2. The van der Waals surface area contributed by atoms with Gasteiger partial charge in [-0.2, -0.15) is 5.26 Å². The van der Waals surface area contributed by atoms with E-state index < -0.39 is 0 Å². The van der Waals surface area contributed by atoms with Crippen LogP contribution in [0.4, 0.5) is 0 Å². The molecule has 0 atom stereocenters. The van der Waals surface area contributed by atoms with Crippen molar-refractivity contribution in [1.29, 1.82) is 5.26 Å². The molecule has 23 heavy (non-hydrogen) atoms. The normalized spacial score (nSPS) is 11.3. The van der Waals surface area contributed by atoms with Crippen LogP contribution < -0.4 is 10.1 Å². The van der Waals surface area contributed by atoms with Crippen LogP contribution in [0, 0.1) is 11.3 Å². The van der Waals surface area contributed by atoms with Gasteiger partial charge in [-0.3, -0.25) is 4.79 Å². The van der Waals surface area contributed by atoms with Crippen molar-refractivity contribution in [3.63, 3.8) is 0 Å². The van der Waals surface area contributed by atoms with Gasteiger partial charge in [-0.1, -0.05) is 30.3 Å². The molecule has 118 valence electrons. The summed E-state index contributed by atoms with van der Waals surface area (Å²) in [5.41, 5.74) is 0.816. The van der Waals surface area contributed by atoms with Gasteiger partial charge < -0.3 is 10.1 Å².